The van der Waals surface area contributed by atoms with Crippen LogP contribution in [0, 0.1) is 6.92 Å². The van der Waals surface area contributed by atoms with E-state index in [1.54, 1.807) is 12.4 Å². The number of nitrogens with zero attached hydrogens (tertiary/aromatic N) is 1. The Morgan fingerprint density at radius 2 is 1.79 bits per heavy atom. The summed E-state index contributed by atoms with van der Waals surface area (Å²) < 4.78 is 12.1. The van der Waals surface area contributed by atoms with Crippen molar-refractivity contribution >= 4 is 18.9 Å². The van der Waals surface area contributed by atoms with Crippen LogP contribution >= 0.6 is 0 Å². The van der Waals surface area contributed by atoms with Crippen molar-refractivity contribution in [2.75, 3.05) is 0 Å². The highest BCUT2D eigenvalue weighted by Gasteiger charge is 2.52. The zero-order valence-electron chi connectivity index (χ0n) is 12.2. The second kappa shape index (κ2) is 4.73. The van der Waals surface area contributed by atoms with Crippen LogP contribution in [0.25, 0.3) is 0 Å². The van der Waals surface area contributed by atoms with Crippen LogP contribution in [0.5, 0.6) is 0 Å². The van der Waals surface area contributed by atoms with Crippen molar-refractivity contribution in [1.82, 2.24) is 4.98 Å². The van der Waals surface area contributed by atoms with Crippen molar-refractivity contribution in [2.45, 2.75) is 52.2 Å². The molecule has 0 saturated carbocycles. The lowest BCUT2D eigenvalue weighted by atomic mass is 9.73. The molecule has 5 heteroatoms. The summed E-state index contributed by atoms with van der Waals surface area (Å²) in [4.78, 5) is 14.9. The third kappa shape index (κ3) is 2.45. The van der Waals surface area contributed by atoms with Crippen LogP contribution in [0.2, 0.25) is 0 Å². The molecule has 1 aromatic heterocycles. The van der Waals surface area contributed by atoms with E-state index in [0.717, 1.165) is 22.9 Å². The molecule has 1 saturated heterocycles. The topological polar surface area (TPSA) is 48.4 Å². The van der Waals surface area contributed by atoms with Gasteiger partial charge in [0.2, 0.25) is 0 Å². The Hall–Kier alpha value is -1.20. The minimum Gasteiger partial charge on any atom is -0.399 e. The Balaban J connectivity index is 2.41. The lowest BCUT2D eigenvalue weighted by Gasteiger charge is -2.32. The minimum atomic E-state index is -0.442. The van der Waals surface area contributed by atoms with Crippen molar-refractivity contribution in [3.63, 3.8) is 0 Å². The van der Waals surface area contributed by atoms with E-state index < -0.39 is 7.12 Å². The number of hydrogen-bond donors (Lipinski definition) is 0. The van der Waals surface area contributed by atoms with Crippen LogP contribution in [0.1, 0.15) is 38.8 Å². The van der Waals surface area contributed by atoms with Crippen LogP contribution in [0.4, 0.5) is 0 Å². The SMILES string of the molecule is Cc1cncc(CC=O)c1B1OC(C)(C)C(C)(C)O1. The third-order valence-corrected chi connectivity index (χ3v) is 4.06. The van der Waals surface area contributed by atoms with E-state index in [-0.39, 0.29) is 11.2 Å². The molecule has 4 nitrogen and oxygen atoms in total. The van der Waals surface area contributed by atoms with Crippen LogP contribution in [0.15, 0.2) is 12.4 Å². The summed E-state index contributed by atoms with van der Waals surface area (Å²) >= 11 is 0. The van der Waals surface area contributed by atoms with Gasteiger partial charge in [0.05, 0.1) is 11.2 Å². The molecule has 0 radical (unpaired) electrons. The van der Waals surface area contributed by atoms with E-state index >= 15 is 0 Å². The van der Waals surface area contributed by atoms with Gasteiger partial charge in [-0.2, -0.15) is 0 Å². The monoisotopic (exact) mass is 261 g/mol. The minimum absolute atomic E-state index is 0.327. The lowest BCUT2D eigenvalue weighted by Crippen LogP contribution is -2.41. The van der Waals surface area contributed by atoms with E-state index in [2.05, 4.69) is 4.98 Å². The highest BCUT2D eigenvalue weighted by atomic mass is 16.7. The fraction of sp³-hybridized carbons (Fsp3) is 0.571. The van der Waals surface area contributed by atoms with Gasteiger partial charge in [0.1, 0.15) is 6.29 Å². The molecule has 1 aliphatic rings. The molecule has 0 bridgehead atoms. The van der Waals surface area contributed by atoms with Gasteiger partial charge in [0.15, 0.2) is 0 Å². The maximum atomic E-state index is 10.8. The van der Waals surface area contributed by atoms with E-state index in [1.807, 2.05) is 34.6 Å². The number of aromatic nitrogens is 1. The average Bonchev–Trinajstić information content (AvgIpc) is 2.48. The van der Waals surface area contributed by atoms with Gasteiger partial charge >= 0.3 is 7.12 Å². The van der Waals surface area contributed by atoms with Gasteiger partial charge in [0, 0.05) is 18.8 Å². The first-order valence-corrected chi connectivity index (χ1v) is 6.51. The molecule has 102 valence electrons. The summed E-state index contributed by atoms with van der Waals surface area (Å²) in [6.45, 7) is 10.0. The van der Waals surface area contributed by atoms with Gasteiger partial charge in [-0.05, 0) is 51.2 Å². The van der Waals surface area contributed by atoms with Crippen molar-refractivity contribution in [2.24, 2.45) is 0 Å². The van der Waals surface area contributed by atoms with Crippen LogP contribution in [-0.4, -0.2) is 29.6 Å². The Kier molecular flexibility index (Phi) is 3.54. The first-order chi connectivity index (χ1) is 8.78. The van der Waals surface area contributed by atoms with Crippen LogP contribution in [0.3, 0.4) is 0 Å². The number of rotatable bonds is 3. The lowest BCUT2D eigenvalue weighted by molar-refractivity contribution is -0.107. The Morgan fingerprint density at radius 1 is 1.21 bits per heavy atom. The molecule has 2 heterocycles. The fourth-order valence-corrected chi connectivity index (χ4v) is 2.18. The van der Waals surface area contributed by atoms with Gasteiger partial charge in [-0.3, -0.25) is 4.98 Å². The third-order valence-electron chi connectivity index (χ3n) is 4.06. The second-order valence-electron chi connectivity index (χ2n) is 5.99. The maximum absolute atomic E-state index is 10.8. The number of carbonyl (C=O) groups is 1. The number of aryl methyl sites for hydroxylation is 1. The molecule has 1 fully saturated rings. The summed E-state index contributed by atoms with van der Waals surface area (Å²) in [6, 6.07) is 0. The first-order valence-electron chi connectivity index (χ1n) is 6.51. The smallest absolute Gasteiger partial charge is 0.399 e. The molecular weight excluding hydrogens is 241 g/mol. The van der Waals surface area contributed by atoms with Gasteiger partial charge in [0.25, 0.3) is 0 Å². The van der Waals surface area contributed by atoms with Crippen molar-refractivity contribution in [3.8, 4) is 0 Å². The van der Waals surface area contributed by atoms with Gasteiger partial charge in [-0.25, -0.2) is 0 Å². The number of aldehydes is 1. The highest BCUT2D eigenvalue weighted by Crippen LogP contribution is 2.36. The first kappa shape index (κ1) is 14.2. The van der Waals surface area contributed by atoms with Crippen LogP contribution in [-0.2, 0) is 20.5 Å². The average molecular weight is 261 g/mol. The molecule has 1 aromatic rings. The van der Waals surface area contributed by atoms with Gasteiger partial charge in [-0.1, -0.05) is 0 Å². The normalized spacial score (nSPS) is 20.6. The second-order valence-corrected chi connectivity index (χ2v) is 5.99. The van der Waals surface area contributed by atoms with E-state index in [1.165, 1.54) is 0 Å². The van der Waals surface area contributed by atoms with E-state index in [9.17, 15) is 4.79 Å². The fourth-order valence-electron chi connectivity index (χ4n) is 2.18. The van der Waals surface area contributed by atoms with Crippen molar-refractivity contribution < 1.29 is 14.1 Å². The van der Waals surface area contributed by atoms with Gasteiger partial charge < -0.3 is 14.1 Å². The predicted octanol–water partition coefficient (Wildman–Crippen LogP) is 1.43. The highest BCUT2D eigenvalue weighted by molar-refractivity contribution is 6.63. The number of carbonyl (C=O) groups excluding carboxylic acids is 1. The molecule has 0 aromatic carbocycles. The molecular formula is C14H20BNO3. The Labute approximate surface area is 114 Å². The standard InChI is InChI=1S/C14H20BNO3/c1-10-8-16-9-11(6-7-17)12(10)15-18-13(2,3)14(4,5)19-15/h7-9H,6H2,1-5H3. The number of hydrogen-bond acceptors (Lipinski definition) is 4. The molecule has 2 rings (SSSR count). The van der Waals surface area contributed by atoms with Gasteiger partial charge in [-0.15, -0.1) is 0 Å². The Bertz CT molecular complexity index is 483. The van der Waals surface area contributed by atoms with Crippen molar-refractivity contribution in [3.05, 3.63) is 23.5 Å². The Morgan fingerprint density at radius 3 is 2.32 bits per heavy atom. The molecule has 0 aliphatic carbocycles. The maximum Gasteiger partial charge on any atom is 0.495 e. The molecule has 0 spiro atoms. The van der Waals surface area contributed by atoms with E-state index in [4.69, 9.17) is 9.31 Å². The largest absolute Gasteiger partial charge is 0.495 e. The predicted molar refractivity (Wildman–Crippen MR) is 74.5 cm³/mol. The quantitative estimate of drug-likeness (QED) is 0.610. The van der Waals surface area contributed by atoms with Crippen molar-refractivity contribution in [1.29, 1.82) is 0 Å². The number of pyridine rings is 1. The summed E-state index contributed by atoms with van der Waals surface area (Å²) in [5, 5.41) is 0. The molecule has 19 heavy (non-hydrogen) atoms. The van der Waals surface area contributed by atoms with Crippen LogP contribution < -0.4 is 5.46 Å². The molecule has 1 aliphatic heterocycles. The zero-order chi connectivity index (χ0) is 14.3. The zero-order valence-corrected chi connectivity index (χ0v) is 12.2. The molecule has 0 N–H and O–H groups in total. The summed E-state index contributed by atoms with van der Waals surface area (Å²) in [7, 11) is -0.442. The summed E-state index contributed by atoms with van der Waals surface area (Å²) in [6.07, 6.45) is 4.69. The summed E-state index contributed by atoms with van der Waals surface area (Å²) in [5.41, 5.74) is 2.02. The molecule has 0 amide bonds. The molecule has 0 atom stereocenters. The molecule has 0 unspecified atom stereocenters. The summed E-state index contributed by atoms with van der Waals surface area (Å²) in [5.74, 6) is 0. The van der Waals surface area contributed by atoms with E-state index in [0.29, 0.717) is 6.42 Å².